The number of hydrogen-bond acceptors (Lipinski definition) is 3. The molecule has 1 aromatic rings. The molecule has 1 rings (SSSR count). The Hall–Kier alpha value is -1.32. The van der Waals surface area contributed by atoms with E-state index in [0.29, 0.717) is 18.1 Å². The number of hydrogen-bond donors (Lipinski definition) is 0. The summed E-state index contributed by atoms with van der Waals surface area (Å²) in [6.45, 7) is 11.6. The molecular formula is C14H24N2O2. The van der Waals surface area contributed by atoms with E-state index in [-0.39, 0.29) is 11.9 Å². The number of rotatable bonds is 6. The summed E-state index contributed by atoms with van der Waals surface area (Å²) in [5.41, 5.74) is 1.59. The third-order valence-corrected chi connectivity index (χ3v) is 2.84. The van der Waals surface area contributed by atoms with E-state index in [0.717, 1.165) is 18.7 Å². The summed E-state index contributed by atoms with van der Waals surface area (Å²) in [5.74, 6) is 0.622. The fraction of sp³-hybridized carbons (Fsp3) is 0.714. The van der Waals surface area contributed by atoms with Gasteiger partial charge in [-0.3, -0.25) is 4.68 Å². The van der Waals surface area contributed by atoms with Crippen LogP contribution in [0.3, 0.4) is 0 Å². The molecule has 0 N–H and O–H groups in total. The third-order valence-electron chi connectivity index (χ3n) is 2.84. The number of aryl methyl sites for hydroxylation is 1. The lowest BCUT2D eigenvalue weighted by Crippen LogP contribution is -2.13. The Morgan fingerprint density at radius 2 is 2.06 bits per heavy atom. The van der Waals surface area contributed by atoms with Gasteiger partial charge in [-0.15, -0.1) is 0 Å². The largest absolute Gasteiger partial charge is 0.462 e. The zero-order valence-corrected chi connectivity index (χ0v) is 12.1. The number of carbonyl (C=O) groups excluding carboxylic acids is 1. The maximum atomic E-state index is 11.8. The monoisotopic (exact) mass is 252 g/mol. The van der Waals surface area contributed by atoms with Crippen molar-refractivity contribution < 1.29 is 9.53 Å². The summed E-state index contributed by atoms with van der Waals surface area (Å²) < 4.78 is 7.01. The molecule has 0 aliphatic heterocycles. The van der Waals surface area contributed by atoms with Crippen molar-refractivity contribution in [1.29, 1.82) is 0 Å². The Morgan fingerprint density at radius 1 is 1.39 bits per heavy atom. The van der Waals surface area contributed by atoms with Crippen LogP contribution in [0.4, 0.5) is 0 Å². The number of nitrogens with zero attached hydrogens (tertiary/aromatic N) is 2. The summed E-state index contributed by atoms with van der Waals surface area (Å²) in [6, 6.07) is 0. The first-order valence-electron chi connectivity index (χ1n) is 6.70. The van der Waals surface area contributed by atoms with E-state index in [2.05, 4.69) is 32.8 Å². The van der Waals surface area contributed by atoms with Gasteiger partial charge in [0.25, 0.3) is 0 Å². The Bertz CT molecular complexity index is 394. The number of esters is 1. The quantitative estimate of drug-likeness (QED) is 0.730. The van der Waals surface area contributed by atoms with Crippen LogP contribution in [0.5, 0.6) is 0 Å². The molecule has 0 aliphatic carbocycles. The zero-order valence-electron chi connectivity index (χ0n) is 12.1. The molecule has 0 aliphatic rings. The minimum atomic E-state index is -0.267. The van der Waals surface area contributed by atoms with Crippen LogP contribution in [0.15, 0.2) is 6.20 Å². The molecule has 0 fully saturated rings. The highest BCUT2D eigenvalue weighted by atomic mass is 16.5. The van der Waals surface area contributed by atoms with Gasteiger partial charge in [-0.05, 0) is 25.2 Å². The smallest absolute Gasteiger partial charge is 0.341 e. The second-order valence-corrected chi connectivity index (χ2v) is 5.22. The molecule has 1 aromatic heterocycles. The SMILES string of the molecule is CCOC(=O)c1cnn(CCC(C)C)c1C(C)C. The number of ether oxygens (including phenoxy) is 1. The molecule has 0 unspecified atom stereocenters. The van der Waals surface area contributed by atoms with Crippen molar-refractivity contribution in [1.82, 2.24) is 9.78 Å². The van der Waals surface area contributed by atoms with Gasteiger partial charge in [0.15, 0.2) is 0 Å². The molecule has 0 aromatic carbocycles. The summed E-state index contributed by atoms with van der Waals surface area (Å²) in [6.07, 6.45) is 2.69. The first-order chi connectivity index (χ1) is 8.47. The third kappa shape index (κ3) is 3.59. The molecule has 4 nitrogen and oxygen atoms in total. The fourth-order valence-corrected chi connectivity index (χ4v) is 1.93. The first kappa shape index (κ1) is 14.7. The van der Waals surface area contributed by atoms with Gasteiger partial charge in [-0.2, -0.15) is 5.10 Å². The van der Waals surface area contributed by atoms with Crippen LogP contribution in [0.25, 0.3) is 0 Å². The van der Waals surface area contributed by atoms with Crippen LogP contribution in [0.1, 0.15) is 63.0 Å². The molecule has 0 saturated carbocycles. The van der Waals surface area contributed by atoms with E-state index in [4.69, 9.17) is 4.74 Å². The maximum absolute atomic E-state index is 11.8. The lowest BCUT2D eigenvalue weighted by molar-refractivity contribution is 0.0524. The Morgan fingerprint density at radius 3 is 2.56 bits per heavy atom. The van der Waals surface area contributed by atoms with Crippen LogP contribution in [0, 0.1) is 5.92 Å². The average molecular weight is 252 g/mol. The van der Waals surface area contributed by atoms with Crippen molar-refractivity contribution in [3.8, 4) is 0 Å². The highest BCUT2D eigenvalue weighted by Crippen LogP contribution is 2.21. The normalized spacial score (nSPS) is 11.3. The molecule has 4 heteroatoms. The second kappa shape index (κ2) is 6.57. The van der Waals surface area contributed by atoms with Crippen LogP contribution < -0.4 is 0 Å². The Labute approximate surface area is 109 Å². The Balaban J connectivity index is 2.95. The summed E-state index contributed by atoms with van der Waals surface area (Å²) in [4.78, 5) is 11.8. The van der Waals surface area contributed by atoms with Gasteiger partial charge in [-0.1, -0.05) is 27.7 Å². The van der Waals surface area contributed by atoms with E-state index >= 15 is 0 Å². The minimum absolute atomic E-state index is 0.263. The van der Waals surface area contributed by atoms with Crippen LogP contribution in [0.2, 0.25) is 0 Å². The summed E-state index contributed by atoms with van der Waals surface area (Å²) >= 11 is 0. The summed E-state index contributed by atoms with van der Waals surface area (Å²) in [5, 5.41) is 4.33. The molecule has 0 saturated heterocycles. The van der Waals surface area contributed by atoms with Gasteiger partial charge in [0, 0.05) is 6.54 Å². The van der Waals surface area contributed by atoms with E-state index in [1.165, 1.54) is 0 Å². The molecule has 0 spiro atoms. The minimum Gasteiger partial charge on any atom is -0.462 e. The van der Waals surface area contributed by atoms with Crippen molar-refractivity contribution in [3.05, 3.63) is 17.5 Å². The zero-order chi connectivity index (χ0) is 13.7. The molecule has 102 valence electrons. The highest BCUT2D eigenvalue weighted by molar-refractivity contribution is 5.90. The van der Waals surface area contributed by atoms with Gasteiger partial charge in [0.2, 0.25) is 0 Å². The van der Waals surface area contributed by atoms with Crippen molar-refractivity contribution in [2.24, 2.45) is 5.92 Å². The van der Waals surface area contributed by atoms with Crippen molar-refractivity contribution in [2.45, 2.75) is 53.5 Å². The molecule has 18 heavy (non-hydrogen) atoms. The predicted octanol–water partition coefficient (Wildman–Crippen LogP) is 3.23. The standard InChI is InChI=1S/C14H24N2O2/c1-6-18-14(17)12-9-15-16(8-7-10(2)3)13(12)11(4)5/h9-11H,6-8H2,1-5H3. The van der Waals surface area contributed by atoms with Gasteiger partial charge in [-0.25, -0.2) is 4.79 Å². The second-order valence-electron chi connectivity index (χ2n) is 5.22. The summed E-state index contributed by atoms with van der Waals surface area (Å²) in [7, 11) is 0. The molecule has 1 heterocycles. The highest BCUT2D eigenvalue weighted by Gasteiger charge is 2.20. The van der Waals surface area contributed by atoms with Crippen LogP contribution in [-0.2, 0) is 11.3 Å². The van der Waals surface area contributed by atoms with Gasteiger partial charge in [0.1, 0.15) is 5.56 Å². The lowest BCUT2D eigenvalue weighted by atomic mass is 10.1. The molecule has 0 atom stereocenters. The predicted molar refractivity (Wildman–Crippen MR) is 71.7 cm³/mol. The molecular weight excluding hydrogens is 228 g/mol. The average Bonchev–Trinajstić information content (AvgIpc) is 2.70. The lowest BCUT2D eigenvalue weighted by Gasteiger charge is -2.13. The number of aromatic nitrogens is 2. The van der Waals surface area contributed by atoms with E-state index in [9.17, 15) is 4.79 Å². The van der Waals surface area contributed by atoms with E-state index < -0.39 is 0 Å². The topological polar surface area (TPSA) is 44.1 Å². The van der Waals surface area contributed by atoms with Crippen LogP contribution >= 0.6 is 0 Å². The fourth-order valence-electron chi connectivity index (χ4n) is 1.93. The van der Waals surface area contributed by atoms with Gasteiger partial charge in [0.05, 0.1) is 18.5 Å². The van der Waals surface area contributed by atoms with E-state index in [1.807, 2.05) is 11.6 Å². The molecule has 0 bridgehead atoms. The maximum Gasteiger partial charge on any atom is 0.341 e. The number of carbonyl (C=O) groups is 1. The van der Waals surface area contributed by atoms with Gasteiger partial charge < -0.3 is 4.74 Å². The van der Waals surface area contributed by atoms with Crippen molar-refractivity contribution in [3.63, 3.8) is 0 Å². The van der Waals surface area contributed by atoms with Crippen molar-refractivity contribution in [2.75, 3.05) is 6.61 Å². The van der Waals surface area contributed by atoms with Gasteiger partial charge >= 0.3 is 5.97 Å². The first-order valence-corrected chi connectivity index (χ1v) is 6.70. The van der Waals surface area contributed by atoms with E-state index in [1.54, 1.807) is 6.20 Å². The molecule has 0 amide bonds. The Kier molecular flexibility index (Phi) is 5.38. The van der Waals surface area contributed by atoms with Crippen LogP contribution in [-0.4, -0.2) is 22.4 Å². The molecule has 0 radical (unpaired) electrons. The van der Waals surface area contributed by atoms with Crippen molar-refractivity contribution >= 4 is 5.97 Å².